The molecule has 1 fully saturated rings. The van der Waals surface area contributed by atoms with Crippen molar-refractivity contribution in [3.8, 4) is 5.75 Å². The Hall–Kier alpha value is -4.94. The monoisotopic (exact) mass is 673 g/mol. The van der Waals surface area contributed by atoms with Crippen molar-refractivity contribution < 1.29 is 28.9 Å². The molecule has 2 aliphatic rings. The predicted molar refractivity (Wildman–Crippen MR) is 176 cm³/mol. The van der Waals surface area contributed by atoms with E-state index in [4.69, 9.17) is 21.1 Å². The first-order valence-electron chi connectivity index (χ1n) is 14.8. The minimum atomic E-state index is -0.673. The Morgan fingerprint density at radius 3 is 2.38 bits per heavy atom. The number of anilines is 1. The van der Waals surface area contributed by atoms with E-state index >= 15 is 0 Å². The molecule has 5 atom stereocenters. The van der Waals surface area contributed by atoms with Crippen molar-refractivity contribution in [2.45, 2.75) is 40.8 Å². The summed E-state index contributed by atoms with van der Waals surface area (Å²) >= 11 is 8.61. The topological polar surface area (TPSA) is 151 Å². The Morgan fingerprint density at radius 2 is 1.66 bits per heavy atom. The van der Waals surface area contributed by atoms with Crippen LogP contribution in [0.2, 0.25) is 0 Å². The van der Waals surface area contributed by atoms with E-state index in [0.717, 1.165) is 16.8 Å². The molecule has 4 aromatic rings. The zero-order valence-corrected chi connectivity index (χ0v) is 26.5. The first kappa shape index (κ1) is 32.0. The van der Waals surface area contributed by atoms with Gasteiger partial charge in [-0.2, -0.15) is 0 Å². The standard InChI is InChI=1S/C34H28ClN3O8S/c1-2-45-34(40)22-7-3-5-9-27(22)46-33(39)20-13-16-25-23(17-20)30-24(32(36-25)19-11-14-21(15-12-19)37(41)42)18-29(31(30)35)47-28-10-6-4-8-26(28)38(43)44/h3-17,24,29-32,36H,2,18H2,1H3/t24-,29+,30-,31+,32-/m0/s1. The molecule has 0 unspecified atom stereocenters. The molecule has 0 saturated heterocycles. The molecule has 1 aliphatic heterocycles. The second kappa shape index (κ2) is 13.4. The molecule has 0 bridgehead atoms. The Kier molecular flexibility index (Phi) is 9.15. The van der Waals surface area contributed by atoms with E-state index in [1.165, 1.54) is 42.1 Å². The van der Waals surface area contributed by atoms with Crippen LogP contribution >= 0.6 is 23.4 Å². The second-order valence-electron chi connectivity index (χ2n) is 11.1. The van der Waals surface area contributed by atoms with Gasteiger partial charge in [-0.3, -0.25) is 20.2 Å². The van der Waals surface area contributed by atoms with Crippen molar-refractivity contribution >= 4 is 52.4 Å². The van der Waals surface area contributed by atoms with Crippen molar-refractivity contribution in [3.63, 3.8) is 0 Å². The molecule has 0 spiro atoms. The number of benzene rings is 4. The molecule has 240 valence electrons. The number of nitro groups is 2. The Morgan fingerprint density at radius 1 is 0.936 bits per heavy atom. The Labute approximate surface area is 278 Å². The molecule has 1 N–H and O–H groups in total. The van der Waals surface area contributed by atoms with E-state index in [1.54, 1.807) is 67.6 Å². The summed E-state index contributed by atoms with van der Waals surface area (Å²) in [6.07, 6.45) is 0.575. The number of carbonyl (C=O) groups is 2. The normalized spacial score (nSPS) is 21.1. The third-order valence-corrected chi connectivity index (χ3v) is 10.6. The van der Waals surface area contributed by atoms with Gasteiger partial charge in [0.15, 0.2) is 0 Å². The van der Waals surface area contributed by atoms with Crippen molar-refractivity contribution in [2.75, 3.05) is 11.9 Å². The first-order valence-corrected chi connectivity index (χ1v) is 16.1. The number of alkyl halides is 1. The number of ether oxygens (including phenoxy) is 2. The number of fused-ring (bicyclic) bond motifs is 3. The molecule has 0 radical (unpaired) electrons. The lowest BCUT2D eigenvalue weighted by molar-refractivity contribution is -0.387. The zero-order chi connectivity index (χ0) is 33.2. The van der Waals surface area contributed by atoms with Crippen LogP contribution < -0.4 is 10.1 Å². The number of rotatable bonds is 9. The number of hydrogen-bond acceptors (Lipinski definition) is 10. The van der Waals surface area contributed by atoms with Crippen LogP contribution in [0.25, 0.3) is 0 Å². The quantitative estimate of drug-likeness (QED) is 0.0609. The lowest BCUT2D eigenvalue weighted by Crippen LogP contribution is -2.31. The number of non-ortho nitro benzene ring substituents is 1. The highest BCUT2D eigenvalue weighted by Crippen LogP contribution is 2.58. The van der Waals surface area contributed by atoms with Crippen LogP contribution in [0.4, 0.5) is 17.1 Å². The number of nitrogens with one attached hydrogen (secondary N) is 1. The van der Waals surface area contributed by atoms with Crippen LogP contribution in [-0.2, 0) is 4.74 Å². The minimum Gasteiger partial charge on any atom is -0.462 e. The van der Waals surface area contributed by atoms with Gasteiger partial charge in [0.25, 0.3) is 11.4 Å². The molecule has 0 amide bonds. The number of nitro benzene ring substituents is 2. The molecule has 47 heavy (non-hydrogen) atoms. The average molecular weight is 674 g/mol. The third kappa shape index (κ3) is 6.38. The van der Waals surface area contributed by atoms with Crippen LogP contribution in [-0.4, -0.2) is 39.0 Å². The van der Waals surface area contributed by atoms with E-state index in [2.05, 4.69) is 5.32 Å². The maximum Gasteiger partial charge on any atom is 0.343 e. The van der Waals surface area contributed by atoms with Crippen LogP contribution in [0.5, 0.6) is 5.75 Å². The van der Waals surface area contributed by atoms with E-state index in [0.29, 0.717) is 11.3 Å². The molecule has 6 rings (SSSR count). The highest BCUT2D eigenvalue weighted by Gasteiger charge is 2.50. The SMILES string of the molecule is CCOC(=O)c1ccccc1OC(=O)c1ccc2c(c1)[C@@H]1[C@H](Cl)[C@H](Sc3ccccc3[N+](=O)[O-])C[C@@H]1[C@H](c1ccc([N+](=O)[O-])cc1)N2. The second-order valence-corrected chi connectivity index (χ2v) is 12.9. The summed E-state index contributed by atoms with van der Waals surface area (Å²) in [5.41, 5.74) is 2.69. The summed E-state index contributed by atoms with van der Waals surface area (Å²) in [5, 5.41) is 25.9. The maximum absolute atomic E-state index is 13.4. The van der Waals surface area contributed by atoms with Crippen LogP contribution in [0.3, 0.4) is 0 Å². The van der Waals surface area contributed by atoms with Crippen molar-refractivity contribution in [1.29, 1.82) is 0 Å². The number of halogens is 1. The fourth-order valence-corrected chi connectivity index (χ4v) is 8.28. The summed E-state index contributed by atoms with van der Waals surface area (Å²) in [6, 6.07) is 24.1. The van der Waals surface area contributed by atoms with Crippen LogP contribution in [0.1, 0.15) is 57.1 Å². The van der Waals surface area contributed by atoms with E-state index in [-0.39, 0.29) is 58.0 Å². The molecule has 1 aliphatic carbocycles. The predicted octanol–water partition coefficient (Wildman–Crippen LogP) is 7.94. The van der Waals surface area contributed by atoms with Gasteiger partial charge in [0.05, 0.1) is 38.3 Å². The highest BCUT2D eigenvalue weighted by molar-refractivity contribution is 8.00. The van der Waals surface area contributed by atoms with Gasteiger partial charge < -0.3 is 14.8 Å². The van der Waals surface area contributed by atoms with E-state index < -0.39 is 27.2 Å². The van der Waals surface area contributed by atoms with Gasteiger partial charge in [-0.25, -0.2) is 9.59 Å². The fraction of sp³-hybridized carbons (Fsp3) is 0.235. The molecule has 11 nitrogen and oxygen atoms in total. The molecular formula is C34H28ClN3O8S. The smallest absolute Gasteiger partial charge is 0.343 e. The number of para-hydroxylation sites is 2. The van der Waals surface area contributed by atoms with E-state index in [9.17, 15) is 29.8 Å². The van der Waals surface area contributed by atoms with Gasteiger partial charge in [0.1, 0.15) is 11.3 Å². The largest absolute Gasteiger partial charge is 0.462 e. The maximum atomic E-state index is 13.4. The zero-order valence-electron chi connectivity index (χ0n) is 24.9. The van der Waals surface area contributed by atoms with Crippen molar-refractivity contribution in [1.82, 2.24) is 0 Å². The Bertz CT molecular complexity index is 1870. The van der Waals surface area contributed by atoms with E-state index in [1.807, 2.05) is 0 Å². The summed E-state index contributed by atoms with van der Waals surface area (Å²) in [6.45, 7) is 1.85. The molecule has 1 saturated carbocycles. The first-order chi connectivity index (χ1) is 22.7. The molecule has 13 heteroatoms. The highest BCUT2D eigenvalue weighted by atomic mass is 35.5. The van der Waals surface area contributed by atoms with Gasteiger partial charge in [0.2, 0.25) is 0 Å². The number of nitrogens with zero attached hydrogens (tertiary/aromatic N) is 2. The van der Waals surface area contributed by atoms with Crippen molar-refractivity contribution in [2.24, 2.45) is 5.92 Å². The number of carbonyl (C=O) groups excluding carboxylic acids is 2. The van der Waals surface area contributed by atoms with Crippen LogP contribution in [0.15, 0.2) is 95.9 Å². The van der Waals surface area contributed by atoms with Gasteiger partial charge in [-0.1, -0.05) is 36.4 Å². The summed E-state index contributed by atoms with van der Waals surface area (Å²) < 4.78 is 10.8. The molecule has 4 aromatic carbocycles. The van der Waals surface area contributed by atoms with Crippen LogP contribution in [0, 0.1) is 26.1 Å². The third-order valence-electron chi connectivity index (χ3n) is 8.44. The summed E-state index contributed by atoms with van der Waals surface area (Å²) in [7, 11) is 0. The molecular weight excluding hydrogens is 646 g/mol. The Balaban J connectivity index is 1.35. The lowest BCUT2D eigenvalue weighted by atomic mass is 9.77. The van der Waals surface area contributed by atoms with Crippen molar-refractivity contribution in [3.05, 3.63) is 133 Å². The van der Waals surface area contributed by atoms with Gasteiger partial charge in [-0.05, 0) is 66.8 Å². The van der Waals surface area contributed by atoms with Gasteiger partial charge >= 0.3 is 11.9 Å². The number of esters is 2. The average Bonchev–Trinajstić information content (AvgIpc) is 3.40. The molecule has 1 heterocycles. The van der Waals surface area contributed by atoms with Gasteiger partial charge in [-0.15, -0.1) is 23.4 Å². The lowest BCUT2D eigenvalue weighted by Gasteiger charge is -2.38. The summed E-state index contributed by atoms with van der Waals surface area (Å²) in [4.78, 5) is 48.6. The van der Waals surface area contributed by atoms with Gasteiger partial charge in [0, 0.05) is 35.1 Å². The minimum absolute atomic E-state index is 0.00480. The summed E-state index contributed by atoms with van der Waals surface area (Å²) in [5.74, 6) is -1.62. The number of hydrogen-bond donors (Lipinski definition) is 1. The molecule has 0 aromatic heterocycles. The fourth-order valence-electron chi connectivity index (χ4n) is 6.34. The number of thioether (sulfide) groups is 1.